The maximum absolute atomic E-state index is 12.2. The normalized spacial score (nSPS) is 16.0. The van der Waals surface area contributed by atoms with Crippen LogP contribution in [0, 0.1) is 5.92 Å². The Morgan fingerprint density at radius 2 is 2.25 bits per heavy atom. The van der Waals surface area contributed by atoms with Gasteiger partial charge in [0.25, 0.3) is 5.91 Å². The van der Waals surface area contributed by atoms with E-state index in [2.05, 4.69) is 10.3 Å². The summed E-state index contributed by atoms with van der Waals surface area (Å²) in [7, 11) is 0. The largest absolute Gasteiger partial charge is 0.475 e. The van der Waals surface area contributed by atoms with E-state index in [0.717, 1.165) is 12.8 Å². The highest BCUT2D eigenvalue weighted by atomic mass is 16.5. The quantitative estimate of drug-likeness (QED) is 0.797. The first-order chi connectivity index (χ1) is 9.60. The predicted molar refractivity (Wildman–Crippen MR) is 75.7 cm³/mol. The topological polar surface area (TPSA) is 71.5 Å². The molecule has 110 valence electrons. The molecule has 0 spiro atoms. The van der Waals surface area contributed by atoms with Crippen LogP contribution >= 0.6 is 0 Å². The van der Waals surface area contributed by atoms with Gasteiger partial charge in [-0.05, 0) is 45.1 Å². The van der Waals surface area contributed by atoms with Gasteiger partial charge in [0.05, 0.1) is 6.10 Å². The average Bonchev–Trinajstić information content (AvgIpc) is 3.22. The Morgan fingerprint density at radius 1 is 1.50 bits per heavy atom. The van der Waals surface area contributed by atoms with Crippen LogP contribution in [-0.4, -0.2) is 34.8 Å². The maximum Gasteiger partial charge on any atom is 0.270 e. The first kappa shape index (κ1) is 14.8. The molecule has 0 radical (unpaired) electrons. The first-order valence-electron chi connectivity index (χ1n) is 7.15. The second-order valence-corrected chi connectivity index (χ2v) is 5.46. The van der Waals surface area contributed by atoms with Crippen molar-refractivity contribution in [2.24, 2.45) is 5.92 Å². The van der Waals surface area contributed by atoms with E-state index in [-0.39, 0.29) is 24.7 Å². The molecule has 1 heterocycles. The third kappa shape index (κ3) is 4.20. The highest BCUT2D eigenvalue weighted by molar-refractivity contribution is 5.92. The minimum absolute atomic E-state index is 0.0226. The third-order valence-electron chi connectivity index (χ3n) is 3.26. The van der Waals surface area contributed by atoms with Crippen molar-refractivity contribution in [2.75, 3.05) is 6.61 Å². The minimum Gasteiger partial charge on any atom is -0.475 e. The molecule has 0 aliphatic heterocycles. The number of carbonyl (C=O) groups is 1. The summed E-state index contributed by atoms with van der Waals surface area (Å²) in [4.78, 5) is 16.4. The summed E-state index contributed by atoms with van der Waals surface area (Å²) < 4.78 is 5.49. The molecule has 1 amide bonds. The number of aliphatic hydroxyl groups is 1. The molecule has 5 heteroatoms. The summed E-state index contributed by atoms with van der Waals surface area (Å²) in [5.74, 6) is 0.753. The van der Waals surface area contributed by atoms with Crippen molar-refractivity contribution in [3.63, 3.8) is 0 Å². The molecular weight excluding hydrogens is 256 g/mol. The van der Waals surface area contributed by atoms with Gasteiger partial charge in [0.2, 0.25) is 5.88 Å². The molecule has 5 nitrogen and oxygen atoms in total. The maximum atomic E-state index is 12.2. The third-order valence-corrected chi connectivity index (χ3v) is 3.26. The van der Waals surface area contributed by atoms with Gasteiger partial charge in [-0.25, -0.2) is 4.98 Å². The van der Waals surface area contributed by atoms with Crippen LogP contribution in [0.2, 0.25) is 0 Å². The van der Waals surface area contributed by atoms with Crippen molar-refractivity contribution in [1.82, 2.24) is 10.3 Å². The van der Waals surface area contributed by atoms with Crippen LogP contribution in [0.1, 0.15) is 43.6 Å². The van der Waals surface area contributed by atoms with E-state index in [0.29, 0.717) is 23.9 Å². The van der Waals surface area contributed by atoms with Crippen molar-refractivity contribution in [1.29, 1.82) is 0 Å². The van der Waals surface area contributed by atoms with Crippen LogP contribution in [0.25, 0.3) is 0 Å². The van der Waals surface area contributed by atoms with E-state index in [1.165, 1.54) is 0 Å². The Hall–Kier alpha value is -1.62. The number of aromatic nitrogens is 1. The molecule has 1 aromatic rings. The monoisotopic (exact) mass is 278 g/mol. The summed E-state index contributed by atoms with van der Waals surface area (Å²) in [5.41, 5.74) is 0.353. The number of amides is 1. The summed E-state index contributed by atoms with van der Waals surface area (Å²) >= 11 is 0. The number of aliphatic hydroxyl groups excluding tert-OH is 1. The van der Waals surface area contributed by atoms with E-state index in [1.807, 2.05) is 13.8 Å². The van der Waals surface area contributed by atoms with E-state index in [9.17, 15) is 4.79 Å². The van der Waals surface area contributed by atoms with Crippen LogP contribution in [0.4, 0.5) is 0 Å². The highest BCUT2D eigenvalue weighted by Crippen LogP contribution is 2.34. The zero-order chi connectivity index (χ0) is 14.5. The lowest BCUT2D eigenvalue weighted by Crippen LogP contribution is -2.37. The lowest BCUT2D eigenvalue weighted by molar-refractivity contribution is 0.0917. The summed E-state index contributed by atoms with van der Waals surface area (Å²) in [6.07, 6.45) is 2.86. The molecule has 1 saturated carbocycles. The van der Waals surface area contributed by atoms with Gasteiger partial charge in [-0.15, -0.1) is 0 Å². The fraction of sp³-hybridized carbons (Fsp3) is 0.600. The summed E-state index contributed by atoms with van der Waals surface area (Å²) in [5, 5.41) is 12.0. The molecule has 2 N–H and O–H groups in total. The van der Waals surface area contributed by atoms with Crippen LogP contribution < -0.4 is 10.1 Å². The second-order valence-electron chi connectivity index (χ2n) is 5.46. The molecule has 0 bridgehead atoms. The van der Waals surface area contributed by atoms with Crippen molar-refractivity contribution in [2.45, 2.75) is 45.3 Å². The zero-order valence-corrected chi connectivity index (χ0v) is 12.0. The van der Waals surface area contributed by atoms with Crippen LogP contribution in [0.15, 0.2) is 18.2 Å². The van der Waals surface area contributed by atoms with Crippen molar-refractivity contribution in [3.8, 4) is 5.88 Å². The number of ether oxygens (including phenoxy) is 1. The average molecular weight is 278 g/mol. The van der Waals surface area contributed by atoms with Gasteiger partial charge in [-0.1, -0.05) is 6.07 Å². The molecule has 2 rings (SSSR count). The second kappa shape index (κ2) is 6.70. The first-order valence-corrected chi connectivity index (χ1v) is 7.15. The van der Waals surface area contributed by atoms with E-state index in [1.54, 1.807) is 18.2 Å². The number of nitrogens with zero attached hydrogens (tertiary/aromatic N) is 1. The zero-order valence-electron chi connectivity index (χ0n) is 12.0. The van der Waals surface area contributed by atoms with Crippen molar-refractivity contribution < 1.29 is 14.6 Å². The van der Waals surface area contributed by atoms with Gasteiger partial charge >= 0.3 is 0 Å². The van der Waals surface area contributed by atoms with E-state index < -0.39 is 0 Å². The lowest BCUT2D eigenvalue weighted by Gasteiger charge is -2.17. The van der Waals surface area contributed by atoms with Crippen LogP contribution in [-0.2, 0) is 0 Å². The smallest absolute Gasteiger partial charge is 0.270 e. The number of carbonyl (C=O) groups excluding carboxylic acids is 1. The molecule has 1 unspecified atom stereocenters. The fourth-order valence-corrected chi connectivity index (χ4v) is 2.15. The Bertz CT molecular complexity index is 458. The summed E-state index contributed by atoms with van der Waals surface area (Å²) in [6, 6.07) is 5.22. The Balaban J connectivity index is 2.00. The molecule has 1 fully saturated rings. The fourth-order valence-electron chi connectivity index (χ4n) is 2.15. The molecule has 1 aliphatic carbocycles. The van der Waals surface area contributed by atoms with E-state index >= 15 is 0 Å². The number of pyridine rings is 1. The minimum atomic E-state index is -0.204. The Labute approximate surface area is 119 Å². The van der Waals surface area contributed by atoms with Crippen LogP contribution in [0.3, 0.4) is 0 Å². The molecule has 0 aromatic carbocycles. The molecule has 1 aromatic heterocycles. The summed E-state index contributed by atoms with van der Waals surface area (Å²) in [6.45, 7) is 3.92. The van der Waals surface area contributed by atoms with Gasteiger partial charge in [0.1, 0.15) is 5.69 Å². The molecular formula is C15H22N2O3. The molecule has 20 heavy (non-hydrogen) atoms. The van der Waals surface area contributed by atoms with Crippen molar-refractivity contribution in [3.05, 3.63) is 23.9 Å². The molecule has 0 saturated heterocycles. The van der Waals surface area contributed by atoms with E-state index in [4.69, 9.17) is 9.84 Å². The number of hydrogen-bond acceptors (Lipinski definition) is 4. The predicted octanol–water partition coefficient (Wildman–Crippen LogP) is 1.76. The van der Waals surface area contributed by atoms with Gasteiger partial charge < -0.3 is 15.2 Å². The number of rotatable bonds is 7. The van der Waals surface area contributed by atoms with Gasteiger partial charge in [-0.2, -0.15) is 0 Å². The Kier molecular flexibility index (Phi) is 4.95. The van der Waals surface area contributed by atoms with Gasteiger partial charge in [0, 0.05) is 18.7 Å². The number of hydrogen-bond donors (Lipinski definition) is 2. The lowest BCUT2D eigenvalue weighted by atomic mass is 10.1. The van der Waals surface area contributed by atoms with Crippen molar-refractivity contribution >= 4 is 5.91 Å². The standard InChI is InChI=1S/C15H22N2O3/c1-10(2)20-14-5-3-4-13(16-14)15(19)17-12(8-9-18)11-6-7-11/h3-5,10-12,18H,6-9H2,1-2H3,(H,17,19). The van der Waals surface area contributed by atoms with Gasteiger partial charge in [-0.3, -0.25) is 4.79 Å². The SMILES string of the molecule is CC(C)Oc1cccc(C(=O)NC(CCO)C2CC2)n1. The highest BCUT2D eigenvalue weighted by Gasteiger charge is 2.32. The molecule has 1 atom stereocenters. The van der Waals surface area contributed by atoms with Gasteiger partial charge in [0.15, 0.2) is 0 Å². The number of nitrogens with one attached hydrogen (secondary N) is 1. The Morgan fingerprint density at radius 3 is 2.85 bits per heavy atom. The van der Waals surface area contributed by atoms with Crippen LogP contribution in [0.5, 0.6) is 5.88 Å². The molecule has 1 aliphatic rings.